The average molecular weight is 780 g/mol. The molecular formula is C43H86O4Si4. The van der Waals surface area contributed by atoms with Crippen LogP contribution in [0.1, 0.15) is 140 Å². The lowest BCUT2D eigenvalue weighted by Crippen LogP contribution is -2.44. The first-order chi connectivity index (χ1) is 22.9. The molecule has 0 aliphatic heterocycles. The van der Waals surface area contributed by atoms with E-state index in [1.807, 2.05) is 26.0 Å². The van der Waals surface area contributed by atoms with E-state index < -0.39 is 34.0 Å². The highest BCUT2D eigenvalue weighted by Crippen LogP contribution is 2.34. The van der Waals surface area contributed by atoms with E-state index in [1.54, 1.807) is 0 Å². The number of aromatic hydroxyl groups is 2. The number of phenols is 2. The van der Waals surface area contributed by atoms with Gasteiger partial charge in [0.05, 0.1) is 0 Å². The van der Waals surface area contributed by atoms with Gasteiger partial charge >= 0.3 is 0 Å². The standard InChI is InChI=1S/C33H56O3Si2.C8H22OSi2.2CH4/c1-8-9-23-37(4,5)36-38(6,7)24-17-15-13-11-10-12-14-16-18-31(29-19-21-32(34)27(2)25-29)30-20-22-33(35)28(3)26-30;1-6-7-8-11(4,5)9-10(2)3;;/h19-22,25-26,31,34-35H,8-18,23-24H2,1-7H3;10H,6-8H2,1-5H3;2*1H4. The lowest BCUT2D eigenvalue weighted by molar-refractivity contribution is 0.470. The Morgan fingerprint density at radius 3 is 1.33 bits per heavy atom. The van der Waals surface area contributed by atoms with Crippen molar-refractivity contribution in [2.75, 3.05) is 0 Å². The first-order valence-electron chi connectivity index (χ1n) is 19.9. The van der Waals surface area contributed by atoms with Crippen LogP contribution in [0.25, 0.3) is 0 Å². The van der Waals surface area contributed by atoms with E-state index in [1.165, 1.54) is 106 Å². The summed E-state index contributed by atoms with van der Waals surface area (Å²) in [7, 11) is -5.00. The molecule has 0 radical (unpaired) electrons. The Labute approximate surface area is 323 Å². The molecule has 0 unspecified atom stereocenters. The highest BCUT2D eigenvalue weighted by atomic mass is 28.4. The van der Waals surface area contributed by atoms with Crippen LogP contribution in [-0.2, 0) is 8.23 Å². The van der Waals surface area contributed by atoms with Crippen LogP contribution in [0.4, 0.5) is 0 Å². The zero-order valence-electron chi connectivity index (χ0n) is 34.1. The van der Waals surface area contributed by atoms with E-state index in [4.69, 9.17) is 8.23 Å². The zero-order chi connectivity index (χ0) is 37.1. The van der Waals surface area contributed by atoms with Crippen molar-refractivity contribution in [3.8, 4) is 11.5 Å². The van der Waals surface area contributed by atoms with Gasteiger partial charge in [0.2, 0.25) is 0 Å². The van der Waals surface area contributed by atoms with Crippen molar-refractivity contribution in [2.24, 2.45) is 0 Å². The lowest BCUT2D eigenvalue weighted by Gasteiger charge is -2.34. The third-order valence-electron chi connectivity index (χ3n) is 9.64. The summed E-state index contributed by atoms with van der Waals surface area (Å²) >= 11 is 0. The van der Waals surface area contributed by atoms with Gasteiger partial charge in [0.25, 0.3) is 0 Å². The molecule has 0 spiro atoms. The fourth-order valence-electron chi connectivity index (χ4n) is 7.03. The molecule has 0 aliphatic carbocycles. The van der Waals surface area contributed by atoms with Crippen molar-refractivity contribution in [1.29, 1.82) is 0 Å². The Hall–Kier alpha value is -1.17. The molecule has 0 saturated heterocycles. The Morgan fingerprint density at radius 1 is 0.569 bits per heavy atom. The molecule has 0 aromatic heterocycles. The van der Waals surface area contributed by atoms with Gasteiger partial charge in [-0.2, -0.15) is 0 Å². The van der Waals surface area contributed by atoms with Gasteiger partial charge in [-0.3, -0.25) is 0 Å². The fraction of sp³-hybridized carbons (Fsp3) is 0.721. The number of hydrogen-bond donors (Lipinski definition) is 2. The Morgan fingerprint density at radius 2 is 0.941 bits per heavy atom. The van der Waals surface area contributed by atoms with Crippen LogP contribution in [0.15, 0.2) is 36.4 Å². The maximum atomic E-state index is 10.0. The number of rotatable bonds is 23. The van der Waals surface area contributed by atoms with Gasteiger partial charge in [0.1, 0.15) is 11.5 Å². The van der Waals surface area contributed by atoms with Gasteiger partial charge in [-0.05, 0) is 125 Å². The van der Waals surface area contributed by atoms with E-state index in [9.17, 15) is 10.2 Å². The van der Waals surface area contributed by atoms with E-state index in [-0.39, 0.29) is 14.9 Å². The van der Waals surface area contributed by atoms with Gasteiger partial charge in [0.15, 0.2) is 34.0 Å². The summed E-state index contributed by atoms with van der Waals surface area (Å²) in [5, 5.41) is 20.0. The third-order valence-corrected chi connectivity index (χ3v) is 23.2. The minimum Gasteiger partial charge on any atom is -0.508 e. The maximum Gasteiger partial charge on any atom is 0.173 e. The zero-order valence-corrected chi connectivity index (χ0v) is 38.3. The highest BCUT2D eigenvalue weighted by Gasteiger charge is 2.32. The first-order valence-corrected chi connectivity index (χ1v) is 32.0. The van der Waals surface area contributed by atoms with Gasteiger partial charge in [0, 0.05) is 5.92 Å². The van der Waals surface area contributed by atoms with Crippen LogP contribution in [0.3, 0.4) is 0 Å². The Kier molecular flexibility index (Phi) is 27.1. The average Bonchev–Trinajstić information content (AvgIpc) is 3.00. The molecule has 51 heavy (non-hydrogen) atoms. The SMILES string of the molecule is C.C.CCCC[Si](C)(C)O[SiH](C)C.CCCC[Si](C)(C)O[Si](C)(C)CCCCCCCCCCC(c1ccc(O)c(C)c1)c1ccc(O)c(C)c1. The minimum atomic E-state index is -1.52. The number of unbranched alkanes of at least 4 members (excludes halogenated alkanes) is 9. The smallest absolute Gasteiger partial charge is 0.173 e. The molecule has 0 atom stereocenters. The van der Waals surface area contributed by atoms with Crippen LogP contribution < -0.4 is 0 Å². The summed E-state index contributed by atoms with van der Waals surface area (Å²) in [6, 6.07) is 15.9. The third kappa shape index (κ3) is 23.3. The first kappa shape index (κ1) is 51.9. The second-order valence-corrected chi connectivity index (χ2v) is 32.7. The van der Waals surface area contributed by atoms with Crippen LogP contribution in [0, 0.1) is 13.8 Å². The van der Waals surface area contributed by atoms with Crippen LogP contribution >= 0.6 is 0 Å². The number of benzene rings is 2. The maximum absolute atomic E-state index is 10.0. The summed E-state index contributed by atoms with van der Waals surface area (Å²) in [6.07, 6.45) is 16.8. The molecule has 0 bridgehead atoms. The highest BCUT2D eigenvalue weighted by molar-refractivity contribution is 6.84. The fourth-order valence-corrected chi connectivity index (χ4v) is 22.9. The van der Waals surface area contributed by atoms with Gasteiger partial charge in [-0.1, -0.05) is 130 Å². The molecule has 2 rings (SSSR count). The van der Waals surface area contributed by atoms with Crippen molar-refractivity contribution in [3.63, 3.8) is 0 Å². The number of aryl methyl sites for hydroxylation is 2. The minimum absolute atomic E-state index is 0. The van der Waals surface area contributed by atoms with Gasteiger partial charge in [-0.15, -0.1) is 0 Å². The molecule has 2 aromatic carbocycles. The molecule has 8 heteroatoms. The van der Waals surface area contributed by atoms with Crippen molar-refractivity contribution in [1.82, 2.24) is 0 Å². The Bertz CT molecular complexity index is 1130. The number of phenolic OH excluding ortho intramolecular Hbond substituents is 2. The monoisotopic (exact) mass is 779 g/mol. The molecule has 0 heterocycles. The van der Waals surface area contributed by atoms with E-state index >= 15 is 0 Å². The molecule has 0 aliphatic rings. The van der Waals surface area contributed by atoms with Crippen LogP contribution in [0.2, 0.25) is 70.5 Å². The summed E-state index contributed by atoms with van der Waals surface area (Å²) in [6.45, 7) is 27.4. The van der Waals surface area contributed by atoms with Crippen molar-refractivity contribution < 1.29 is 18.4 Å². The molecule has 2 aromatic rings. The van der Waals surface area contributed by atoms with E-state index in [2.05, 4.69) is 90.5 Å². The summed E-state index contributed by atoms with van der Waals surface area (Å²) in [5.41, 5.74) is 4.33. The van der Waals surface area contributed by atoms with Crippen molar-refractivity contribution in [3.05, 3.63) is 58.7 Å². The second-order valence-electron chi connectivity index (χ2n) is 16.8. The molecular weight excluding hydrogens is 693 g/mol. The molecule has 0 fully saturated rings. The normalized spacial score (nSPS) is 12.0. The summed E-state index contributed by atoms with van der Waals surface area (Å²) in [4.78, 5) is 0. The van der Waals surface area contributed by atoms with Gasteiger partial charge in [-0.25, -0.2) is 0 Å². The van der Waals surface area contributed by atoms with Crippen molar-refractivity contribution >= 4 is 34.0 Å². The topological polar surface area (TPSA) is 58.9 Å². The molecule has 2 N–H and O–H groups in total. The largest absolute Gasteiger partial charge is 0.508 e. The predicted molar refractivity (Wildman–Crippen MR) is 240 cm³/mol. The molecule has 298 valence electrons. The predicted octanol–water partition coefficient (Wildman–Crippen LogP) is 14.8. The summed E-state index contributed by atoms with van der Waals surface area (Å²) in [5.74, 6) is 0.995. The molecule has 4 nitrogen and oxygen atoms in total. The number of hydrogen-bond acceptors (Lipinski definition) is 4. The summed E-state index contributed by atoms with van der Waals surface area (Å²) < 4.78 is 12.8. The van der Waals surface area contributed by atoms with E-state index in [0.29, 0.717) is 17.4 Å². The van der Waals surface area contributed by atoms with Crippen LogP contribution in [-0.4, -0.2) is 44.2 Å². The Balaban J connectivity index is 0. The lowest BCUT2D eigenvalue weighted by atomic mass is 9.85. The molecule has 0 saturated carbocycles. The van der Waals surface area contributed by atoms with E-state index in [0.717, 1.165) is 17.5 Å². The van der Waals surface area contributed by atoms with Crippen molar-refractivity contribution in [2.45, 2.75) is 202 Å². The molecule has 0 amide bonds. The second kappa shape index (κ2) is 26.6. The van der Waals surface area contributed by atoms with Crippen LogP contribution in [0.5, 0.6) is 11.5 Å². The van der Waals surface area contributed by atoms with Gasteiger partial charge < -0.3 is 18.4 Å². The quantitative estimate of drug-likeness (QED) is 0.0871.